The number of aryl methyl sites for hydroxylation is 2. The largest absolute Gasteiger partial charge is 0.361 e. The predicted octanol–water partition coefficient (Wildman–Crippen LogP) is 2.32. The lowest BCUT2D eigenvalue weighted by Crippen LogP contribution is -2.47. The zero-order valence-electron chi connectivity index (χ0n) is 9.18. The van der Waals surface area contributed by atoms with Crippen molar-refractivity contribution < 1.29 is 4.52 Å². The van der Waals surface area contributed by atoms with Gasteiger partial charge in [0, 0.05) is 17.6 Å². The second-order valence-electron chi connectivity index (χ2n) is 4.57. The molecule has 78 valence electrons. The molecule has 0 unspecified atom stereocenters. The average molecular weight is 194 g/mol. The zero-order chi connectivity index (χ0) is 10.2. The van der Waals surface area contributed by atoms with E-state index in [0.29, 0.717) is 5.54 Å². The summed E-state index contributed by atoms with van der Waals surface area (Å²) in [5.74, 6) is 0.943. The maximum Gasteiger partial charge on any atom is 0.138 e. The Morgan fingerprint density at radius 1 is 1.43 bits per heavy atom. The maximum atomic E-state index is 5.12. The molecule has 0 atom stereocenters. The molecular formula is C11H18N2O. The maximum absolute atomic E-state index is 5.12. The van der Waals surface area contributed by atoms with E-state index in [9.17, 15) is 0 Å². The summed E-state index contributed by atoms with van der Waals surface area (Å²) >= 11 is 0. The van der Waals surface area contributed by atoms with Crippen LogP contribution >= 0.6 is 0 Å². The van der Waals surface area contributed by atoms with Crippen molar-refractivity contribution in [1.82, 2.24) is 10.5 Å². The summed E-state index contributed by atoms with van der Waals surface area (Å²) in [7, 11) is 0. The first-order valence-electron chi connectivity index (χ1n) is 5.27. The molecule has 0 bridgehead atoms. The highest BCUT2D eigenvalue weighted by Crippen LogP contribution is 2.31. The minimum Gasteiger partial charge on any atom is -0.361 e. The number of hydrogen-bond acceptors (Lipinski definition) is 3. The van der Waals surface area contributed by atoms with Gasteiger partial charge < -0.3 is 9.84 Å². The highest BCUT2D eigenvalue weighted by molar-refractivity contribution is 5.20. The molecule has 3 heteroatoms. The third-order valence-electron chi connectivity index (χ3n) is 3.33. The van der Waals surface area contributed by atoms with E-state index in [2.05, 4.69) is 17.4 Å². The molecule has 0 aromatic carbocycles. The summed E-state index contributed by atoms with van der Waals surface area (Å²) in [4.78, 5) is 0. The summed E-state index contributed by atoms with van der Waals surface area (Å²) < 4.78 is 5.12. The molecule has 0 spiro atoms. The molecule has 1 saturated carbocycles. The van der Waals surface area contributed by atoms with E-state index in [-0.39, 0.29) is 0 Å². The van der Waals surface area contributed by atoms with Crippen LogP contribution < -0.4 is 5.32 Å². The third kappa shape index (κ3) is 1.69. The Morgan fingerprint density at radius 2 is 2.14 bits per heavy atom. The lowest BCUT2D eigenvalue weighted by Gasteiger charge is -2.39. The van der Waals surface area contributed by atoms with Crippen molar-refractivity contribution >= 4 is 0 Å². The van der Waals surface area contributed by atoms with Gasteiger partial charge in [0.1, 0.15) is 5.76 Å². The Bertz CT molecular complexity index is 307. The van der Waals surface area contributed by atoms with E-state index in [4.69, 9.17) is 4.52 Å². The summed E-state index contributed by atoms with van der Waals surface area (Å²) in [5, 5.41) is 7.53. The van der Waals surface area contributed by atoms with Crippen LogP contribution in [0.25, 0.3) is 0 Å². The Balaban J connectivity index is 1.97. The van der Waals surface area contributed by atoms with Crippen molar-refractivity contribution in [3.05, 3.63) is 17.0 Å². The van der Waals surface area contributed by atoms with Crippen LogP contribution in [0, 0.1) is 13.8 Å². The molecule has 0 saturated heterocycles. The molecule has 1 fully saturated rings. The fraction of sp³-hybridized carbons (Fsp3) is 0.727. The molecular weight excluding hydrogens is 176 g/mol. The molecule has 14 heavy (non-hydrogen) atoms. The van der Waals surface area contributed by atoms with Crippen molar-refractivity contribution in [2.45, 2.75) is 52.1 Å². The number of hydrogen-bond donors (Lipinski definition) is 1. The normalized spacial score (nSPS) is 19.4. The van der Waals surface area contributed by atoms with Gasteiger partial charge in [0.15, 0.2) is 0 Å². The molecule has 0 aliphatic heterocycles. The van der Waals surface area contributed by atoms with E-state index in [1.54, 1.807) is 0 Å². The minimum absolute atomic E-state index is 0.357. The van der Waals surface area contributed by atoms with Gasteiger partial charge >= 0.3 is 0 Å². The summed E-state index contributed by atoms with van der Waals surface area (Å²) in [6.45, 7) is 7.14. The molecule has 1 aromatic heterocycles. The Morgan fingerprint density at radius 3 is 2.57 bits per heavy atom. The van der Waals surface area contributed by atoms with Crippen LogP contribution in [0.2, 0.25) is 0 Å². The first-order valence-corrected chi connectivity index (χ1v) is 5.27. The summed E-state index contributed by atoms with van der Waals surface area (Å²) in [6.07, 6.45) is 3.93. The second kappa shape index (κ2) is 3.39. The highest BCUT2D eigenvalue weighted by atomic mass is 16.5. The van der Waals surface area contributed by atoms with E-state index in [1.807, 2.05) is 13.8 Å². The molecule has 2 rings (SSSR count). The smallest absolute Gasteiger partial charge is 0.138 e. The van der Waals surface area contributed by atoms with Crippen LogP contribution in [0.3, 0.4) is 0 Å². The monoisotopic (exact) mass is 194 g/mol. The van der Waals surface area contributed by atoms with Gasteiger partial charge in [-0.2, -0.15) is 0 Å². The molecule has 1 aliphatic carbocycles. The molecule has 3 nitrogen and oxygen atoms in total. The van der Waals surface area contributed by atoms with E-state index in [0.717, 1.165) is 18.0 Å². The van der Waals surface area contributed by atoms with Crippen molar-refractivity contribution in [2.24, 2.45) is 0 Å². The van der Waals surface area contributed by atoms with Crippen molar-refractivity contribution in [1.29, 1.82) is 0 Å². The Hall–Kier alpha value is -0.830. The molecule has 1 aliphatic rings. The molecule has 1 aromatic rings. The van der Waals surface area contributed by atoms with Crippen molar-refractivity contribution in [3.63, 3.8) is 0 Å². The quantitative estimate of drug-likeness (QED) is 0.802. The number of nitrogens with zero attached hydrogens (tertiary/aromatic N) is 1. The topological polar surface area (TPSA) is 38.1 Å². The zero-order valence-corrected chi connectivity index (χ0v) is 9.18. The Labute approximate surface area is 84.9 Å². The number of rotatable bonds is 3. The fourth-order valence-electron chi connectivity index (χ4n) is 1.94. The van der Waals surface area contributed by atoms with Gasteiger partial charge in [-0.1, -0.05) is 5.16 Å². The SMILES string of the molecule is Cc1noc(C)c1CNC1(C)CCC1. The highest BCUT2D eigenvalue weighted by Gasteiger charge is 2.31. The van der Waals surface area contributed by atoms with E-state index >= 15 is 0 Å². The van der Waals surface area contributed by atoms with Crippen LogP contribution in [0.5, 0.6) is 0 Å². The molecule has 0 amide bonds. The van der Waals surface area contributed by atoms with Crippen LogP contribution in [0.4, 0.5) is 0 Å². The Kier molecular flexibility index (Phi) is 2.35. The first-order chi connectivity index (χ1) is 6.61. The van der Waals surface area contributed by atoms with Crippen molar-refractivity contribution in [3.8, 4) is 0 Å². The van der Waals surface area contributed by atoms with Gasteiger partial charge in [0.2, 0.25) is 0 Å². The van der Waals surface area contributed by atoms with Gasteiger partial charge in [0.05, 0.1) is 5.69 Å². The van der Waals surface area contributed by atoms with Gasteiger partial charge in [-0.15, -0.1) is 0 Å². The number of nitrogens with one attached hydrogen (secondary N) is 1. The van der Waals surface area contributed by atoms with Crippen LogP contribution in [0.1, 0.15) is 43.2 Å². The van der Waals surface area contributed by atoms with E-state index < -0.39 is 0 Å². The fourth-order valence-corrected chi connectivity index (χ4v) is 1.94. The van der Waals surface area contributed by atoms with Crippen LogP contribution in [0.15, 0.2) is 4.52 Å². The van der Waals surface area contributed by atoms with E-state index in [1.165, 1.54) is 24.8 Å². The predicted molar refractivity (Wildman–Crippen MR) is 55.1 cm³/mol. The average Bonchev–Trinajstić information content (AvgIpc) is 2.41. The molecule has 1 N–H and O–H groups in total. The van der Waals surface area contributed by atoms with Gasteiger partial charge in [0.25, 0.3) is 0 Å². The van der Waals surface area contributed by atoms with Gasteiger partial charge in [-0.3, -0.25) is 0 Å². The molecule has 0 radical (unpaired) electrons. The van der Waals surface area contributed by atoms with Gasteiger partial charge in [-0.05, 0) is 40.0 Å². The lowest BCUT2D eigenvalue weighted by atomic mass is 9.78. The molecule has 1 heterocycles. The van der Waals surface area contributed by atoms with Crippen LogP contribution in [-0.2, 0) is 6.54 Å². The standard InChI is InChI=1S/C11H18N2O/c1-8-10(9(2)14-13-8)7-12-11(3)5-4-6-11/h12H,4-7H2,1-3H3. The summed E-state index contributed by atoms with van der Waals surface area (Å²) in [5.41, 5.74) is 2.59. The third-order valence-corrected chi connectivity index (χ3v) is 3.33. The second-order valence-corrected chi connectivity index (χ2v) is 4.57. The van der Waals surface area contributed by atoms with Gasteiger partial charge in [-0.25, -0.2) is 0 Å². The van der Waals surface area contributed by atoms with Crippen molar-refractivity contribution in [2.75, 3.05) is 0 Å². The lowest BCUT2D eigenvalue weighted by molar-refractivity contribution is 0.206. The summed E-state index contributed by atoms with van der Waals surface area (Å²) in [6, 6.07) is 0. The minimum atomic E-state index is 0.357. The van der Waals surface area contributed by atoms with Crippen LogP contribution in [-0.4, -0.2) is 10.7 Å². The number of aromatic nitrogens is 1. The first kappa shape index (κ1) is 9.71.